The van der Waals surface area contributed by atoms with Crippen molar-refractivity contribution in [3.63, 3.8) is 0 Å². The molecule has 0 fully saturated rings. The number of hydrogen-bond donors (Lipinski definition) is 1. The molecule has 0 atom stereocenters. The first-order valence-corrected chi connectivity index (χ1v) is 9.52. The summed E-state index contributed by atoms with van der Waals surface area (Å²) >= 11 is 7.93. The Hall–Kier alpha value is -2.77. The lowest BCUT2D eigenvalue weighted by atomic mass is 10.2. The number of hydrogen-bond acceptors (Lipinski definition) is 6. The summed E-state index contributed by atoms with van der Waals surface area (Å²) < 4.78 is 6.11. The maximum absolute atomic E-state index is 12.2. The van der Waals surface area contributed by atoms with Gasteiger partial charge in [0.1, 0.15) is 5.01 Å². The van der Waals surface area contributed by atoms with Crippen LogP contribution in [0.5, 0.6) is 0 Å². The van der Waals surface area contributed by atoms with Gasteiger partial charge in [-0.15, -0.1) is 11.3 Å². The zero-order valence-electron chi connectivity index (χ0n) is 14.4. The van der Waals surface area contributed by atoms with Crippen molar-refractivity contribution in [3.8, 4) is 10.6 Å². The van der Waals surface area contributed by atoms with Crippen molar-refractivity contribution in [1.29, 1.82) is 0 Å². The summed E-state index contributed by atoms with van der Waals surface area (Å²) in [5.41, 5.74) is 2.39. The Labute approximate surface area is 164 Å². The number of nitrogens with zero attached hydrogens (tertiary/aromatic N) is 3. The monoisotopic (exact) mass is 398 g/mol. The van der Waals surface area contributed by atoms with E-state index in [1.54, 1.807) is 30.4 Å². The third kappa shape index (κ3) is 3.99. The van der Waals surface area contributed by atoms with Gasteiger partial charge >= 0.3 is 0 Å². The number of carbonyl (C=O) groups is 1. The van der Waals surface area contributed by atoms with Crippen LogP contribution >= 0.6 is 22.9 Å². The van der Waals surface area contributed by atoms with Gasteiger partial charge in [-0.25, -0.2) is 4.98 Å². The smallest absolute Gasteiger partial charge is 0.227 e. The van der Waals surface area contributed by atoms with Crippen LogP contribution in [0.25, 0.3) is 20.8 Å². The second-order valence-electron chi connectivity index (χ2n) is 5.96. The van der Waals surface area contributed by atoms with Gasteiger partial charge in [-0.1, -0.05) is 28.9 Å². The summed E-state index contributed by atoms with van der Waals surface area (Å²) in [4.78, 5) is 20.9. The number of halogens is 1. The van der Waals surface area contributed by atoms with E-state index < -0.39 is 0 Å². The number of amides is 1. The highest BCUT2D eigenvalue weighted by atomic mass is 35.5. The summed E-state index contributed by atoms with van der Waals surface area (Å²) in [6.07, 6.45) is 0.645. The van der Waals surface area contributed by atoms with E-state index in [1.165, 1.54) is 0 Å². The molecule has 0 saturated carbocycles. The van der Waals surface area contributed by atoms with Crippen molar-refractivity contribution in [2.24, 2.45) is 0 Å². The molecule has 0 aliphatic heterocycles. The van der Waals surface area contributed by atoms with Crippen LogP contribution < -0.4 is 5.32 Å². The molecule has 0 bridgehead atoms. The Morgan fingerprint density at radius 1 is 1.22 bits per heavy atom. The van der Waals surface area contributed by atoms with E-state index in [1.807, 2.05) is 30.3 Å². The number of para-hydroxylation sites is 1. The predicted octanol–water partition coefficient (Wildman–Crippen LogP) is 4.88. The minimum atomic E-state index is -0.136. The van der Waals surface area contributed by atoms with E-state index in [0.717, 1.165) is 20.8 Å². The van der Waals surface area contributed by atoms with Crippen LogP contribution in [0.2, 0.25) is 5.02 Å². The minimum Gasteiger partial charge on any atom is -0.339 e. The van der Waals surface area contributed by atoms with E-state index in [9.17, 15) is 4.79 Å². The molecule has 2 aromatic heterocycles. The normalized spacial score (nSPS) is 11.0. The third-order valence-electron chi connectivity index (χ3n) is 3.91. The van der Waals surface area contributed by atoms with Crippen molar-refractivity contribution < 1.29 is 9.32 Å². The van der Waals surface area contributed by atoms with Gasteiger partial charge in [0.15, 0.2) is 5.82 Å². The minimum absolute atomic E-state index is 0.136. The lowest BCUT2D eigenvalue weighted by molar-refractivity contribution is -0.116. The summed E-state index contributed by atoms with van der Waals surface area (Å²) in [5, 5.41) is 8.00. The van der Waals surface area contributed by atoms with Crippen molar-refractivity contribution in [1.82, 2.24) is 15.1 Å². The molecule has 4 rings (SSSR count). The van der Waals surface area contributed by atoms with E-state index in [2.05, 4.69) is 20.4 Å². The maximum Gasteiger partial charge on any atom is 0.227 e. The van der Waals surface area contributed by atoms with Gasteiger partial charge in [0.2, 0.25) is 11.8 Å². The Bertz CT molecular complexity index is 1090. The van der Waals surface area contributed by atoms with Crippen LogP contribution in [0.4, 0.5) is 5.69 Å². The Balaban J connectivity index is 1.50. The fraction of sp³-hybridized carbons (Fsp3) is 0.158. The number of carbonyl (C=O) groups excluding carboxylic acids is 1. The highest BCUT2D eigenvalue weighted by Crippen LogP contribution is 2.35. The number of benzene rings is 2. The van der Waals surface area contributed by atoms with Crippen LogP contribution in [-0.2, 0) is 11.2 Å². The highest BCUT2D eigenvalue weighted by molar-refractivity contribution is 7.21. The summed E-state index contributed by atoms with van der Waals surface area (Å²) in [6.45, 7) is 1.74. The van der Waals surface area contributed by atoms with E-state index >= 15 is 0 Å². The molecule has 0 unspecified atom stereocenters. The molecule has 27 heavy (non-hydrogen) atoms. The van der Waals surface area contributed by atoms with Crippen molar-refractivity contribution in [2.45, 2.75) is 19.8 Å². The zero-order valence-corrected chi connectivity index (χ0v) is 16.0. The SMILES string of the molecule is Cc1noc(CCC(=O)Nc2ccc(Cl)c(-c3nc4ccccc4s3)c2)n1. The quantitative estimate of drug-likeness (QED) is 0.518. The third-order valence-corrected chi connectivity index (χ3v) is 5.31. The fourth-order valence-corrected chi connectivity index (χ4v) is 3.90. The lowest BCUT2D eigenvalue weighted by Gasteiger charge is -2.07. The van der Waals surface area contributed by atoms with E-state index in [4.69, 9.17) is 16.1 Å². The van der Waals surface area contributed by atoms with E-state index in [0.29, 0.717) is 28.8 Å². The zero-order chi connectivity index (χ0) is 18.8. The van der Waals surface area contributed by atoms with Gasteiger partial charge in [0, 0.05) is 24.1 Å². The Morgan fingerprint density at radius 2 is 2.07 bits per heavy atom. The lowest BCUT2D eigenvalue weighted by Crippen LogP contribution is -2.12. The van der Waals surface area contributed by atoms with Crippen LogP contribution in [0.3, 0.4) is 0 Å². The first-order chi connectivity index (χ1) is 13.1. The Morgan fingerprint density at radius 3 is 2.85 bits per heavy atom. The number of fused-ring (bicyclic) bond motifs is 1. The topological polar surface area (TPSA) is 80.9 Å². The van der Waals surface area contributed by atoms with Crippen molar-refractivity contribution in [2.75, 3.05) is 5.32 Å². The van der Waals surface area contributed by atoms with Crippen molar-refractivity contribution >= 4 is 44.7 Å². The molecule has 0 aliphatic carbocycles. The van der Waals surface area contributed by atoms with Crippen LogP contribution in [0.1, 0.15) is 18.1 Å². The summed E-state index contributed by atoms with van der Waals surface area (Å²) in [5.74, 6) is 0.876. The average Bonchev–Trinajstić information content (AvgIpc) is 3.27. The molecule has 2 aromatic carbocycles. The van der Waals surface area contributed by atoms with Gasteiger partial charge in [0.05, 0.1) is 15.2 Å². The van der Waals surface area contributed by atoms with Crippen LogP contribution in [0.15, 0.2) is 47.0 Å². The van der Waals surface area contributed by atoms with Gasteiger partial charge < -0.3 is 9.84 Å². The van der Waals surface area contributed by atoms with Gasteiger partial charge in [-0.05, 0) is 37.3 Å². The largest absolute Gasteiger partial charge is 0.339 e. The molecule has 1 amide bonds. The van der Waals surface area contributed by atoms with E-state index in [-0.39, 0.29) is 12.3 Å². The molecule has 1 N–H and O–H groups in total. The number of aryl methyl sites for hydroxylation is 2. The molecular formula is C19H15ClN4O2S. The molecule has 8 heteroatoms. The van der Waals surface area contributed by atoms with Crippen molar-refractivity contribution in [3.05, 3.63) is 59.2 Å². The molecule has 136 valence electrons. The first-order valence-electron chi connectivity index (χ1n) is 8.33. The first kappa shape index (κ1) is 17.6. The molecule has 0 saturated heterocycles. The number of aromatic nitrogens is 3. The fourth-order valence-electron chi connectivity index (χ4n) is 2.64. The summed E-state index contributed by atoms with van der Waals surface area (Å²) in [7, 11) is 0. The summed E-state index contributed by atoms with van der Waals surface area (Å²) in [6, 6.07) is 13.3. The molecular weight excluding hydrogens is 384 g/mol. The molecule has 0 radical (unpaired) electrons. The second-order valence-corrected chi connectivity index (χ2v) is 7.40. The number of anilines is 1. The molecule has 0 spiro atoms. The standard InChI is InChI=1S/C19H15ClN4O2S/c1-11-21-18(26-24-11)9-8-17(25)22-12-6-7-14(20)13(10-12)19-23-15-4-2-3-5-16(15)27-19/h2-7,10H,8-9H2,1H3,(H,22,25). The second kappa shape index (κ2) is 7.46. The maximum atomic E-state index is 12.2. The number of thiazole rings is 1. The molecule has 6 nitrogen and oxygen atoms in total. The highest BCUT2D eigenvalue weighted by Gasteiger charge is 2.12. The number of nitrogens with one attached hydrogen (secondary N) is 1. The molecule has 4 aromatic rings. The Kier molecular flexibility index (Phi) is 4.87. The average molecular weight is 399 g/mol. The van der Waals surface area contributed by atoms with Crippen LogP contribution in [-0.4, -0.2) is 21.0 Å². The molecule has 0 aliphatic rings. The van der Waals surface area contributed by atoms with Crippen LogP contribution in [0, 0.1) is 6.92 Å². The molecule has 2 heterocycles. The predicted molar refractivity (Wildman–Crippen MR) is 106 cm³/mol. The van der Waals surface area contributed by atoms with Gasteiger partial charge in [0.25, 0.3) is 0 Å². The van der Waals surface area contributed by atoms with Gasteiger partial charge in [-0.3, -0.25) is 4.79 Å². The van der Waals surface area contributed by atoms with Gasteiger partial charge in [-0.2, -0.15) is 4.98 Å². The number of rotatable bonds is 5.